The number of halogens is 1. The van der Waals surface area contributed by atoms with Gasteiger partial charge in [-0.05, 0) is 80.0 Å². The Morgan fingerprint density at radius 3 is 2.67 bits per heavy atom. The van der Waals surface area contributed by atoms with Gasteiger partial charge < -0.3 is 9.73 Å². The van der Waals surface area contributed by atoms with E-state index in [4.69, 9.17) is 4.42 Å². The number of oxazole rings is 1. The molecule has 1 heterocycles. The SMILES string of the molecule is CCC[C@@H](CSc1ccc(F)cc1)N[C@H]1CC[C@H](c2ccc3[nH]c(=O)oc3c2)CC1. The van der Waals surface area contributed by atoms with E-state index in [-0.39, 0.29) is 5.82 Å². The molecular weight excluding hydrogens is 399 g/mol. The van der Waals surface area contributed by atoms with Crippen molar-refractivity contribution in [3.05, 3.63) is 64.4 Å². The molecule has 0 radical (unpaired) electrons. The number of nitrogens with one attached hydrogen (secondary N) is 2. The van der Waals surface area contributed by atoms with Crippen LogP contribution in [0.4, 0.5) is 4.39 Å². The molecule has 1 aliphatic rings. The predicted octanol–water partition coefficient (Wildman–Crippen LogP) is 5.84. The van der Waals surface area contributed by atoms with Crippen LogP contribution in [0.3, 0.4) is 0 Å². The zero-order valence-electron chi connectivity index (χ0n) is 17.3. The molecule has 4 nitrogen and oxygen atoms in total. The third-order valence-corrected chi connectivity index (χ3v) is 7.19. The van der Waals surface area contributed by atoms with Gasteiger partial charge in [-0.15, -0.1) is 11.8 Å². The van der Waals surface area contributed by atoms with Crippen molar-refractivity contribution in [1.82, 2.24) is 10.3 Å². The second kappa shape index (κ2) is 9.84. The van der Waals surface area contributed by atoms with E-state index in [9.17, 15) is 9.18 Å². The zero-order chi connectivity index (χ0) is 20.9. The summed E-state index contributed by atoms with van der Waals surface area (Å²) in [6.07, 6.45) is 6.89. The van der Waals surface area contributed by atoms with Gasteiger partial charge in [0.05, 0.1) is 5.52 Å². The molecule has 0 bridgehead atoms. The van der Waals surface area contributed by atoms with Crippen molar-refractivity contribution in [2.75, 3.05) is 5.75 Å². The number of thioether (sulfide) groups is 1. The maximum Gasteiger partial charge on any atom is 0.417 e. The van der Waals surface area contributed by atoms with Crippen LogP contribution >= 0.6 is 11.8 Å². The third kappa shape index (κ3) is 5.35. The summed E-state index contributed by atoms with van der Waals surface area (Å²) in [7, 11) is 0. The summed E-state index contributed by atoms with van der Waals surface area (Å²) in [4.78, 5) is 15.2. The summed E-state index contributed by atoms with van der Waals surface area (Å²) in [5.41, 5.74) is 2.68. The highest BCUT2D eigenvalue weighted by molar-refractivity contribution is 7.99. The first-order valence-corrected chi connectivity index (χ1v) is 11.9. The Labute approximate surface area is 180 Å². The molecule has 0 unspecified atom stereocenters. The smallest absolute Gasteiger partial charge is 0.408 e. The highest BCUT2D eigenvalue weighted by Crippen LogP contribution is 2.34. The van der Waals surface area contributed by atoms with Crippen LogP contribution in [-0.4, -0.2) is 22.8 Å². The Morgan fingerprint density at radius 2 is 1.93 bits per heavy atom. The van der Waals surface area contributed by atoms with Gasteiger partial charge in [-0.2, -0.15) is 0 Å². The molecule has 1 fully saturated rings. The number of rotatable bonds is 8. The molecule has 1 atom stereocenters. The molecule has 0 aliphatic heterocycles. The third-order valence-electron chi connectivity index (χ3n) is 6.02. The molecular formula is C24H29FN2O2S. The van der Waals surface area contributed by atoms with Gasteiger partial charge >= 0.3 is 5.76 Å². The van der Waals surface area contributed by atoms with Crippen LogP contribution in [0.2, 0.25) is 0 Å². The molecule has 1 aromatic heterocycles. The van der Waals surface area contributed by atoms with E-state index >= 15 is 0 Å². The fourth-order valence-corrected chi connectivity index (χ4v) is 5.42. The van der Waals surface area contributed by atoms with Crippen LogP contribution in [0.25, 0.3) is 11.1 Å². The number of hydrogen-bond acceptors (Lipinski definition) is 4. The number of fused-ring (bicyclic) bond motifs is 1. The number of H-pyrrole nitrogens is 1. The summed E-state index contributed by atoms with van der Waals surface area (Å²) >= 11 is 1.80. The maximum atomic E-state index is 13.1. The first-order valence-electron chi connectivity index (χ1n) is 10.9. The van der Waals surface area contributed by atoms with Crippen molar-refractivity contribution in [2.24, 2.45) is 0 Å². The Hall–Kier alpha value is -2.05. The fourth-order valence-electron chi connectivity index (χ4n) is 4.43. The lowest BCUT2D eigenvalue weighted by Crippen LogP contribution is -2.41. The molecule has 1 saturated carbocycles. The van der Waals surface area contributed by atoms with E-state index in [2.05, 4.69) is 23.3 Å². The van der Waals surface area contributed by atoms with E-state index in [0.29, 0.717) is 23.6 Å². The van der Waals surface area contributed by atoms with Gasteiger partial charge in [0.15, 0.2) is 5.58 Å². The normalized spacial score (nSPS) is 20.5. The molecule has 160 valence electrons. The highest BCUT2D eigenvalue weighted by Gasteiger charge is 2.24. The monoisotopic (exact) mass is 428 g/mol. The van der Waals surface area contributed by atoms with Crippen molar-refractivity contribution < 1.29 is 8.81 Å². The van der Waals surface area contributed by atoms with Crippen LogP contribution in [0, 0.1) is 5.82 Å². The lowest BCUT2D eigenvalue weighted by molar-refractivity contribution is 0.315. The van der Waals surface area contributed by atoms with Crippen molar-refractivity contribution >= 4 is 22.9 Å². The van der Waals surface area contributed by atoms with Crippen LogP contribution in [0.15, 0.2) is 56.6 Å². The Kier molecular flexibility index (Phi) is 6.95. The summed E-state index contributed by atoms with van der Waals surface area (Å²) in [5.74, 6) is 0.946. The van der Waals surface area contributed by atoms with Gasteiger partial charge in [-0.1, -0.05) is 19.4 Å². The molecule has 4 rings (SSSR count). The van der Waals surface area contributed by atoms with Crippen molar-refractivity contribution in [3.8, 4) is 0 Å². The molecule has 1 aliphatic carbocycles. The van der Waals surface area contributed by atoms with E-state index in [1.807, 2.05) is 24.3 Å². The van der Waals surface area contributed by atoms with Crippen LogP contribution in [0.1, 0.15) is 56.9 Å². The summed E-state index contributed by atoms with van der Waals surface area (Å²) in [5, 5.41) is 3.88. The molecule has 30 heavy (non-hydrogen) atoms. The zero-order valence-corrected chi connectivity index (χ0v) is 18.1. The van der Waals surface area contributed by atoms with Crippen LogP contribution in [0.5, 0.6) is 0 Å². The topological polar surface area (TPSA) is 58.0 Å². The van der Waals surface area contributed by atoms with Crippen molar-refractivity contribution in [1.29, 1.82) is 0 Å². The minimum Gasteiger partial charge on any atom is -0.408 e. The number of aromatic amines is 1. The van der Waals surface area contributed by atoms with Gasteiger partial charge in [0, 0.05) is 22.7 Å². The second-order valence-corrected chi connectivity index (χ2v) is 9.33. The summed E-state index contributed by atoms with van der Waals surface area (Å²) in [6, 6.07) is 13.9. The molecule has 2 N–H and O–H groups in total. The number of aromatic nitrogens is 1. The van der Waals surface area contributed by atoms with Gasteiger partial charge in [-0.3, -0.25) is 4.98 Å². The van der Waals surface area contributed by atoms with E-state index in [1.165, 1.54) is 17.7 Å². The first kappa shape index (κ1) is 21.2. The molecule has 0 amide bonds. The first-order chi connectivity index (χ1) is 14.6. The van der Waals surface area contributed by atoms with Gasteiger partial charge in [-0.25, -0.2) is 9.18 Å². The number of benzene rings is 2. The van der Waals surface area contributed by atoms with Gasteiger partial charge in [0.25, 0.3) is 0 Å². The van der Waals surface area contributed by atoms with Crippen LogP contribution < -0.4 is 11.1 Å². The fraction of sp³-hybridized carbons (Fsp3) is 0.458. The van der Waals surface area contributed by atoms with E-state index < -0.39 is 5.76 Å². The Morgan fingerprint density at radius 1 is 1.17 bits per heavy atom. The molecule has 0 saturated heterocycles. The quantitative estimate of drug-likeness (QED) is 0.443. The Balaban J connectivity index is 1.30. The van der Waals surface area contributed by atoms with E-state index in [1.54, 1.807) is 11.8 Å². The average Bonchev–Trinajstić information content (AvgIpc) is 3.13. The average molecular weight is 429 g/mol. The molecule has 0 spiro atoms. The minimum absolute atomic E-state index is 0.183. The predicted molar refractivity (Wildman–Crippen MR) is 121 cm³/mol. The standard InChI is InChI=1S/C24H29FN2O2S/c1-2-3-20(15-30-21-11-7-18(25)8-12-21)26-19-9-4-16(5-10-19)17-6-13-22-23(14-17)29-24(28)27-22/h6-8,11-14,16,19-20,26H,2-5,9-10,15H2,1H3,(H,27,28)/t16-,19-,20-/m0/s1. The summed E-state index contributed by atoms with van der Waals surface area (Å²) < 4.78 is 18.3. The lowest BCUT2D eigenvalue weighted by atomic mass is 9.81. The largest absolute Gasteiger partial charge is 0.417 e. The van der Waals surface area contributed by atoms with Crippen molar-refractivity contribution in [2.45, 2.75) is 68.3 Å². The summed E-state index contributed by atoms with van der Waals surface area (Å²) in [6.45, 7) is 2.23. The molecule has 6 heteroatoms. The minimum atomic E-state index is -0.393. The highest BCUT2D eigenvalue weighted by atomic mass is 32.2. The van der Waals surface area contributed by atoms with Crippen LogP contribution in [-0.2, 0) is 0 Å². The Bertz CT molecular complexity index is 1010. The van der Waals surface area contributed by atoms with E-state index in [0.717, 1.165) is 54.7 Å². The lowest BCUT2D eigenvalue weighted by Gasteiger charge is -2.32. The second-order valence-electron chi connectivity index (χ2n) is 8.24. The number of hydrogen-bond donors (Lipinski definition) is 2. The van der Waals surface area contributed by atoms with Gasteiger partial charge in [0.2, 0.25) is 0 Å². The molecule has 3 aromatic rings. The molecule has 2 aromatic carbocycles. The van der Waals surface area contributed by atoms with Gasteiger partial charge in [0.1, 0.15) is 5.82 Å². The maximum absolute atomic E-state index is 13.1. The van der Waals surface area contributed by atoms with Crippen molar-refractivity contribution in [3.63, 3.8) is 0 Å².